The molecule has 0 fully saturated rings. The number of nitrogens with two attached hydrogens (primary N) is 1. The fourth-order valence-corrected chi connectivity index (χ4v) is 2.74. The van der Waals surface area contributed by atoms with Crippen molar-refractivity contribution in [3.05, 3.63) is 59.7 Å². The monoisotopic (exact) mass is 335 g/mol. The summed E-state index contributed by atoms with van der Waals surface area (Å²) in [4.78, 5) is 14.0. The number of amides is 2. The summed E-state index contributed by atoms with van der Waals surface area (Å²) in [6, 6.07) is 11.2. The van der Waals surface area contributed by atoms with E-state index in [1.54, 1.807) is 11.0 Å². The summed E-state index contributed by atoms with van der Waals surface area (Å²) in [6.45, 7) is 0.449. The maximum absolute atomic E-state index is 12.6. The summed E-state index contributed by atoms with van der Waals surface area (Å²) in [7, 11) is 0. The summed E-state index contributed by atoms with van der Waals surface area (Å²) in [6.07, 6.45) is -3.78. The molecule has 3 rings (SSSR count). The highest BCUT2D eigenvalue weighted by atomic mass is 19.4. The van der Waals surface area contributed by atoms with Crippen molar-refractivity contribution in [3.63, 3.8) is 0 Å². The Kier molecular flexibility index (Phi) is 4.19. The van der Waals surface area contributed by atoms with E-state index in [0.717, 1.165) is 23.4 Å². The minimum Gasteiger partial charge on any atom is -0.324 e. The van der Waals surface area contributed by atoms with Gasteiger partial charge in [-0.25, -0.2) is 4.79 Å². The van der Waals surface area contributed by atoms with Crippen LogP contribution in [0.2, 0.25) is 0 Å². The molecule has 0 spiro atoms. The third-order valence-corrected chi connectivity index (χ3v) is 4.00. The van der Waals surface area contributed by atoms with Gasteiger partial charge in [0.05, 0.1) is 11.3 Å². The Bertz CT molecular complexity index is 743. The molecule has 0 aromatic heterocycles. The van der Waals surface area contributed by atoms with Crippen molar-refractivity contribution in [2.45, 2.75) is 18.6 Å². The Morgan fingerprint density at radius 2 is 1.79 bits per heavy atom. The van der Waals surface area contributed by atoms with E-state index >= 15 is 0 Å². The van der Waals surface area contributed by atoms with Crippen molar-refractivity contribution in [3.8, 4) is 0 Å². The summed E-state index contributed by atoms with van der Waals surface area (Å²) in [5, 5.41) is 2.62. The number of urea groups is 1. The fourth-order valence-electron chi connectivity index (χ4n) is 2.74. The molecule has 0 bridgehead atoms. The molecular formula is C17H16F3N3O. The first kappa shape index (κ1) is 16.3. The predicted octanol–water partition coefficient (Wildman–Crippen LogP) is 4.15. The molecule has 24 heavy (non-hydrogen) atoms. The van der Waals surface area contributed by atoms with Crippen molar-refractivity contribution in [2.75, 3.05) is 16.8 Å². The molecule has 2 amide bonds. The average Bonchev–Trinajstić information content (AvgIpc) is 2.55. The first-order chi connectivity index (χ1) is 11.4. The summed E-state index contributed by atoms with van der Waals surface area (Å²) in [5.74, 6) is 0. The van der Waals surface area contributed by atoms with Crippen LogP contribution in [0.4, 0.5) is 29.3 Å². The number of rotatable bonds is 1. The second-order valence-electron chi connectivity index (χ2n) is 5.61. The topological polar surface area (TPSA) is 58.4 Å². The van der Waals surface area contributed by atoms with E-state index < -0.39 is 17.8 Å². The lowest BCUT2D eigenvalue weighted by Gasteiger charge is -2.32. The van der Waals surface area contributed by atoms with E-state index in [0.29, 0.717) is 18.7 Å². The zero-order valence-electron chi connectivity index (χ0n) is 12.7. The molecule has 1 aliphatic rings. The molecule has 0 saturated carbocycles. The number of hydrogen-bond donors (Lipinski definition) is 2. The van der Waals surface area contributed by atoms with Gasteiger partial charge in [-0.2, -0.15) is 13.2 Å². The van der Waals surface area contributed by atoms with Gasteiger partial charge >= 0.3 is 12.2 Å². The van der Waals surface area contributed by atoms with E-state index in [1.807, 2.05) is 18.2 Å². The smallest absolute Gasteiger partial charge is 0.324 e. The largest absolute Gasteiger partial charge is 0.416 e. The van der Waals surface area contributed by atoms with E-state index in [-0.39, 0.29) is 6.04 Å². The van der Waals surface area contributed by atoms with Crippen LogP contribution in [0.5, 0.6) is 0 Å². The molecule has 3 N–H and O–H groups in total. The van der Waals surface area contributed by atoms with E-state index in [2.05, 4.69) is 5.32 Å². The van der Waals surface area contributed by atoms with Crippen molar-refractivity contribution >= 4 is 17.4 Å². The molecule has 0 aliphatic carbocycles. The molecule has 126 valence electrons. The zero-order valence-corrected chi connectivity index (χ0v) is 12.7. The fraction of sp³-hybridized carbons (Fsp3) is 0.235. The first-order valence-corrected chi connectivity index (χ1v) is 7.46. The highest BCUT2D eigenvalue weighted by molar-refractivity contribution is 6.02. The number of benzene rings is 2. The molecule has 1 atom stereocenters. The number of hydrogen-bond acceptors (Lipinski definition) is 2. The van der Waals surface area contributed by atoms with Gasteiger partial charge in [-0.15, -0.1) is 0 Å². The van der Waals surface area contributed by atoms with Crippen LogP contribution in [-0.2, 0) is 6.18 Å². The molecule has 1 heterocycles. The lowest BCUT2D eigenvalue weighted by atomic mass is 9.97. The Morgan fingerprint density at radius 3 is 2.46 bits per heavy atom. The molecular weight excluding hydrogens is 319 g/mol. The van der Waals surface area contributed by atoms with Crippen LogP contribution in [0.25, 0.3) is 0 Å². The lowest BCUT2D eigenvalue weighted by molar-refractivity contribution is -0.137. The van der Waals surface area contributed by atoms with Crippen LogP contribution in [0.3, 0.4) is 0 Å². The van der Waals surface area contributed by atoms with Gasteiger partial charge in [-0.05, 0) is 42.3 Å². The normalized spacial score (nSPS) is 17.3. The van der Waals surface area contributed by atoms with Crippen LogP contribution in [-0.4, -0.2) is 12.6 Å². The zero-order chi connectivity index (χ0) is 17.3. The molecule has 4 nitrogen and oxygen atoms in total. The average molecular weight is 335 g/mol. The molecule has 7 heteroatoms. The van der Waals surface area contributed by atoms with E-state index in [9.17, 15) is 18.0 Å². The van der Waals surface area contributed by atoms with Gasteiger partial charge in [0.15, 0.2) is 0 Å². The number of carbonyl (C=O) groups excluding carboxylic acids is 1. The standard InChI is InChI=1S/C17H16F3N3O/c18-17(19,20)11-5-7-12(8-6-11)22-16(24)23-10-9-14(21)13-3-1-2-4-15(13)23/h1-8,14H,9-10,21H2,(H,22,24). The Labute approximate surface area is 137 Å². The van der Waals surface area contributed by atoms with Crippen molar-refractivity contribution in [1.29, 1.82) is 0 Å². The second-order valence-corrected chi connectivity index (χ2v) is 5.61. The number of carbonyl (C=O) groups is 1. The van der Waals surface area contributed by atoms with E-state index in [1.165, 1.54) is 12.1 Å². The molecule has 1 aliphatic heterocycles. The maximum Gasteiger partial charge on any atom is 0.416 e. The Balaban J connectivity index is 1.77. The minimum atomic E-state index is -4.40. The molecule has 1 unspecified atom stereocenters. The molecule has 0 radical (unpaired) electrons. The number of alkyl halides is 3. The Hall–Kier alpha value is -2.54. The third-order valence-electron chi connectivity index (χ3n) is 4.00. The highest BCUT2D eigenvalue weighted by Gasteiger charge is 2.30. The van der Waals surface area contributed by atoms with Crippen LogP contribution >= 0.6 is 0 Å². The quantitative estimate of drug-likeness (QED) is 0.822. The maximum atomic E-state index is 12.6. The number of halogens is 3. The van der Waals surface area contributed by atoms with Gasteiger partial charge in [0.1, 0.15) is 0 Å². The first-order valence-electron chi connectivity index (χ1n) is 7.46. The summed E-state index contributed by atoms with van der Waals surface area (Å²) >= 11 is 0. The summed E-state index contributed by atoms with van der Waals surface area (Å²) in [5.41, 5.74) is 7.21. The van der Waals surface area contributed by atoms with Gasteiger partial charge < -0.3 is 11.1 Å². The van der Waals surface area contributed by atoms with Crippen molar-refractivity contribution in [2.24, 2.45) is 5.73 Å². The Morgan fingerprint density at radius 1 is 1.12 bits per heavy atom. The molecule has 0 saturated heterocycles. The summed E-state index contributed by atoms with van der Waals surface area (Å²) < 4.78 is 37.7. The lowest BCUT2D eigenvalue weighted by Crippen LogP contribution is -2.40. The van der Waals surface area contributed by atoms with Gasteiger partial charge in [0, 0.05) is 18.3 Å². The van der Waals surface area contributed by atoms with Crippen molar-refractivity contribution in [1.82, 2.24) is 0 Å². The van der Waals surface area contributed by atoms with Gasteiger partial charge in [-0.3, -0.25) is 4.90 Å². The van der Waals surface area contributed by atoms with Crippen molar-refractivity contribution < 1.29 is 18.0 Å². The highest BCUT2D eigenvalue weighted by Crippen LogP contribution is 2.33. The number of nitrogens with zero attached hydrogens (tertiary/aromatic N) is 1. The second kappa shape index (κ2) is 6.16. The number of anilines is 2. The third kappa shape index (κ3) is 3.21. The van der Waals surface area contributed by atoms with Gasteiger partial charge in [0.25, 0.3) is 0 Å². The van der Waals surface area contributed by atoms with Gasteiger partial charge in [-0.1, -0.05) is 18.2 Å². The van der Waals surface area contributed by atoms with Gasteiger partial charge in [0.2, 0.25) is 0 Å². The van der Waals surface area contributed by atoms with Crippen LogP contribution in [0.1, 0.15) is 23.6 Å². The minimum absolute atomic E-state index is 0.128. The number of nitrogens with one attached hydrogen (secondary N) is 1. The molecule has 2 aromatic rings. The van der Waals surface area contributed by atoms with Crippen LogP contribution < -0.4 is 16.0 Å². The molecule has 2 aromatic carbocycles. The SMILES string of the molecule is NC1CCN(C(=O)Nc2ccc(C(F)(F)F)cc2)c2ccccc21. The number of para-hydroxylation sites is 1. The van der Waals surface area contributed by atoms with Crippen LogP contribution in [0.15, 0.2) is 48.5 Å². The van der Waals surface area contributed by atoms with Crippen LogP contribution in [0, 0.1) is 0 Å². The predicted molar refractivity (Wildman–Crippen MR) is 85.8 cm³/mol. The van der Waals surface area contributed by atoms with E-state index in [4.69, 9.17) is 5.73 Å². The number of fused-ring (bicyclic) bond motifs is 1.